The smallest absolute Gasteiger partial charge is 0.109 e. The number of aliphatic hydroxyl groups is 1. The molecule has 0 spiro atoms. The standard InChI is InChI=1S/C14H14O/c1-10-2-4-11(5-3-10)14(15)12-6-7-13(14)9-8-12/h2-9,12-13,15H,1H3. The molecule has 0 saturated carbocycles. The number of fused-ring (bicyclic) bond motifs is 2. The van der Waals surface area contributed by atoms with Crippen LogP contribution >= 0.6 is 0 Å². The van der Waals surface area contributed by atoms with Crippen molar-refractivity contribution in [2.24, 2.45) is 11.8 Å². The molecule has 1 N–H and O–H groups in total. The van der Waals surface area contributed by atoms with Crippen LogP contribution in [0.2, 0.25) is 0 Å². The van der Waals surface area contributed by atoms with E-state index in [1.54, 1.807) is 0 Å². The van der Waals surface area contributed by atoms with E-state index < -0.39 is 5.60 Å². The van der Waals surface area contributed by atoms with Crippen LogP contribution in [0.1, 0.15) is 11.1 Å². The van der Waals surface area contributed by atoms with Gasteiger partial charge in [-0.1, -0.05) is 54.1 Å². The second-order valence-electron chi connectivity index (χ2n) is 4.51. The number of benzene rings is 1. The molecule has 0 radical (unpaired) electrons. The minimum Gasteiger partial charge on any atom is -0.383 e. The Balaban J connectivity index is 2.05. The highest BCUT2D eigenvalue weighted by molar-refractivity contribution is 5.40. The Morgan fingerprint density at radius 2 is 1.40 bits per heavy atom. The highest BCUT2D eigenvalue weighted by atomic mass is 16.3. The Labute approximate surface area is 89.8 Å². The van der Waals surface area contributed by atoms with E-state index >= 15 is 0 Å². The van der Waals surface area contributed by atoms with Crippen LogP contribution in [0, 0.1) is 18.8 Å². The third-order valence-electron chi connectivity index (χ3n) is 3.58. The lowest BCUT2D eigenvalue weighted by molar-refractivity contribution is 0.00632. The second kappa shape index (κ2) is 2.83. The molecule has 0 saturated heterocycles. The minimum atomic E-state index is -0.715. The highest BCUT2D eigenvalue weighted by Crippen LogP contribution is 2.49. The van der Waals surface area contributed by atoms with Gasteiger partial charge in [0.15, 0.2) is 0 Å². The predicted molar refractivity (Wildman–Crippen MR) is 60.3 cm³/mol. The maximum atomic E-state index is 10.7. The van der Waals surface area contributed by atoms with Gasteiger partial charge in [-0.05, 0) is 12.5 Å². The molecular formula is C14H14O. The molecule has 2 aliphatic carbocycles. The summed E-state index contributed by atoms with van der Waals surface area (Å²) in [6.45, 7) is 2.06. The Morgan fingerprint density at radius 3 is 1.87 bits per heavy atom. The van der Waals surface area contributed by atoms with Crippen molar-refractivity contribution in [3.05, 3.63) is 59.7 Å². The normalized spacial score (nSPS) is 36.4. The molecule has 2 aliphatic rings. The van der Waals surface area contributed by atoms with Gasteiger partial charge in [0.25, 0.3) is 0 Å². The van der Waals surface area contributed by atoms with Gasteiger partial charge in [-0.25, -0.2) is 0 Å². The van der Waals surface area contributed by atoms with Crippen LogP contribution in [0.25, 0.3) is 0 Å². The van der Waals surface area contributed by atoms with Crippen molar-refractivity contribution in [3.8, 4) is 0 Å². The molecule has 2 bridgehead atoms. The molecule has 1 aromatic rings. The van der Waals surface area contributed by atoms with Gasteiger partial charge in [0.05, 0.1) is 0 Å². The first-order chi connectivity index (χ1) is 7.21. The van der Waals surface area contributed by atoms with E-state index in [0.717, 1.165) is 5.56 Å². The first kappa shape index (κ1) is 8.93. The van der Waals surface area contributed by atoms with E-state index in [9.17, 15) is 5.11 Å². The first-order valence-corrected chi connectivity index (χ1v) is 5.37. The summed E-state index contributed by atoms with van der Waals surface area (Å²) in [5.41, 5.74) is 1.54. The lowest BCUT2D eigenvalue weighted by atomic mass is 9.82. The summed E-state index contributed by atoms with van der Waals surface area (Å²) in [5, 5.41) is 10.7. The van der Waals surface area contributed by atoms with E-state index in [4.69, 9.17) is 0 Å². The summed E-state index contributed by atoms with van der Waals surface area (Å²) < 4.78 is 0. The second-order valence-corrected chi connectivity index (χ2v) is 4.51. The quantitative estimate of drug-likeness (QED) is 0.687. The van der Waals surface area contributed by atoms with Crippen LogP contribution in [0.15, 0.2) is 48.6 Å². The van der Waals surface area contributed by atoms with Gasteiger partial charge in [0, 0.05) is 11.8 Å². The van der Waals surface area contributed by atoms with Crippen LogP contribution in [-0.2, 0) is 5.60 Å². The Bertz CT molecular complexity index is 409. The molecule has 0 aliphatic heterocycles. The third kappa shape index (κ3) is 1.07. The van der Waals surface area contributed by atoms with Crippen molar-refractivity contribution in [2.75, 3.05) is 0 Å². The number of hydrogen-bond donors (Lipinski definition) is 1. The monoisotopic (exact) mass is 198 g/mol. The summed E-state index contributed by atoms with van der Waals surface area (Å²) in [6, 6.07) is 8.20. The fourth-order valence-electron chi connectivity index (χ4n) is 2.62. The van der Waals surface area contributed by atoms with Gasteiger partial charge in [-0.15, -0.1) is 0 Å². The number of hydrogen-bond acceptors (Lipinski definition) is 1. The molecule has 0 heterocycles. The van der Waals surface area contributed by atoms with Gasteiger partial charge in [0.2, 0.25) is 0 Å². The van der Waals surface area contributed by atoms with Crippen molar-refractivity contribution >= 4 is 0 Å². The molecule has 15 heavy (non-hydrogen) atoms. The van der Waals surface area contributed by atoms with Crippen molar-refractivity contribution in [3.63, 3.8) is 0 Å². The largest absolute Gasteiger partial charge is 0.383 e. The van der Waals surface area contributed by atoms with E-state index in [0.29, 0.717) is 0 Å². The van der Waals surface area contributed by atoms with Crippen molar-refractivity contribution in [1.29, 1.82) is 0 Å². The average molecular weight is 198 g/mol. The van der Waals surface area contributed by atoms with E-state index in [1.807, 2.05) is 12.1 Å². The van der Waals surface area contributed by atoms with E-state index in [-0.39, 0.29) is 11.8 Å². The van der Waals surface area contributed by atoms with Gasteiger partial charge >= 0.3 is 0 Å². The SMILES string of the molecule is Cc1ccc(C2(O)C3C=CC2C=C3)cc1. The topological polar surface area (TPSA) is 20.2 Å². The molecule has 1 nitrogen and oxygen atoms in total. The van der Waals surface area contributed by atoms with Crippen LogP contribution < -0.4 is 0 Å². The number of aryl methyl sites for hydroxylation is 1. The van der Waals surface area contributed by atoms with Crippen LogP contribution in [0.4, 0.5) is 0 Å². The van der Waals surface area contributed by atoms with Crippen LogP contribution in [0.5, 0.6) is 0 Å². The molecule has 0 atom stereocenters. The summed E-state index contributed by atoms with van der Waals surface area (Å²) in [7, 11) is 0. The third-order valence-corrected chi connectivity index (χ3v) is 3.58. The maximum absolute atomic E-state index is 10.7. The van der Waals surface area contributed by atoms with Crippen molar-refractivity contribution in [1.82, 2.24) is 0 Å². The molecule has 76 valence electrons. The molecule has 0 fully saturated rings. The van der Waals surface area contributed by atoms with Crippen LogP contribution in [0.3, 0.4) is 0 Å². The van der Waals surface area contributed by atoms with Gasteiger partial charge in [-0.2, -0.15) is 0 Å². The Morgan fingerprint density at radius 1 is 0.933 bits per heavy atom. The zero-order chi connectivity index (χ0) is 10.5. The molecule has 0 amide bonds. The van der Waals surface area contributed by atoms with Crippen molar-refractivity contribution in [2.45, 2.75) is 12.5 Å². The summed E-state index contributed by atoms with van der Waals surface area (Å²) in [4.78, 5) is 0. The molecule has 1 aromatic carbocycles. The fourth-order valence-corrected chi connectivity index (χ4v) is 2.62. The Kier molecular flexibility index (Phi) is 1.68. The zero-order valence-electron chi connectivity index (χ0n) is 8.72. The summed E-state index contributed by atoms with van der Waals surface area (Å²) in [5.74, 6) is 0.315. The van der Waals surface area contributed by atoms with E-state index in [1.165, 1.54) is 5.56 Å². The molecule has 3 rings (SSSR count). The highest BCUT2D eigenvalue weighted by Gasteiger charge is 2.48. The van der Waals surface area contributed by atoms with Crippen LogP contribution in [-0.4, -0.2) is 5.11 Å². The molecule has 0 aromatic heterocycles. The maximum Gasteiger partial charge on any atom is 0.109 e. The van der Waals surface area contributed by atoms with Crippen molar-refractivity contribution < 1.29 is 5.11 Å². The van der Waals surface area contributed by atoms with Gasteiger partial charge in [-0.3, -0.25) is 0 Å². The molecule has 0 unspecified atom stereocenters. The molecule has 1 heteroatoms. The van der Waals surface area contributed by atoms with E-state index in [2.05, 4.69) is 43.4 Å². The fraction of sp³-hybridized carbons (Fsp3) is 0.286. The molecular weight excluding hydrogens is 184 g/mol. The number of rotatable bonds is 1. The first-order valence-electron chi connectivity index (χ1n) is 5.37. The van der Waals surface area contributed by atoms with Gasteiger partial charge < -0.3 is 5.11 Å². The minimum absolute atomic E-state index is 0.158. The average Bonchev–Trinajstić information content (AvgIpc) is 2.74. The lowest BCUT2D eigenvalue weighted by Gasteiger charge is -2.29. The Hall–Kier alpha value is -1.34. The van der Waals surface area contributed by atoms with Gasteiger partial charge in [0.1, 0.15) is 5.60 Å². The summed E-state index contributed by atoms with van der Waals surface area (Å²) in [6.07, 6.45) is 8.41. The lowest BCUT2D eigenvalue weighted by Crippen LogP contribution is -2.32. The zero-order valence-corrected chi connectivity index (χ0v) is 8.72. The summed E-state index contributed by atoms with van der Waals surface area (Å²) >= 11 is 0. The predicted octanol–water partition coefficient (Wildman–Crippen LogP) is 2.55.